The predicted molar refractivity (Wildman–Crippen MR) is 212 cm³/mol. The Labute approximate surface area is 326 Å². The van der Waals surface area contributed by atoms with Crippen LogP contribution in [0.3, 0.4) is 0 Å². The molecule has 7 atom stereocenters. The summed E-state index contributed by atoms with van der Waals surface area (Å²) in [6, 6.07) is 5.21. The van der Waals surface area contributed by atoms with Crippen molar-refractivity contribution in [2.45, 2.75) is 137 Å². The number of thiazole rings is 1. The first-order valence-corrected chi connectivity index (χ1v) is 20.8. The van der Waals surface area contributed by atoms with Gasteiger partial charge >= 0.3 is 5.97 Å². The van der Waals surface area contributed by atoms with Crippen LogP contribution in [0.5, 0.6) is 5.75 Å². The molecule has 1 aromatic carbocycles. The molecule has 0 radical (unpaired) electrons. The average molecular weight is 772 g/mol. The molecule has 0 saturated carbocycles. The molecule has 1 fully saturated rings. The lowest BCUT2D eigenvalue weighted by Gasteiger charge is -2.39. The quantitative estimate of drug-likeness (QED) is 0.103. The SMILES string of the molecule is CCCO[C@H](C[C@H](C(C)C)N(CCC)C(=O)[C@@H](NC(=O)[C@H]1CCCCN1)[C@@H](C)CC)c1nc(C(=O)N[C@@H](Cc2ccc(O)cc2)C[C@H](C)C(=O)OC)cs1. The van der Waals surface area contributed by atoms with Gasteiger partial charge < -0.3 is 35.4 Å². The van der Waals surface area contributed by atoms with Crippen molar-refractivity contribution in [1.82, 2.24) is 25.8 Å². The zero-order valence-corrected chi connectivity index (χ0v) is 34.5. The number of hydrogen-bond acceptors (Lipinski definition) is 10. The Balaban J connectivity index is 1.86. The van der Waals surface area contributed by atoms with Crippen molar-refractivity contribution >= 4 is 35.0 Å². The molecule has 3 amide bonds. The maximum atomic E-state index is 14.6. The van der Waals surface area contributed by atoms with Gasteiger partial charge in [-0.1, -0.05) is 73.4 Å². The first kappa shape index (κ1) is 44.8. The van der Waals surface area contributed by atoms with Gasteiger partial charge in [0.2, 0.25) is 11.8 Å². The van der Waals surface area contributed by atoms with Crippen molar-refractivity contribution in [1.29, 1.82) is 0 Å². The molecule has 1 aliphatic heterocycles. The van der Waals surface area contributed by atoms with Crippen LogP contribution in [0.1, 0.15) is 127 Å². The lowest BCUT2D eigenvalue weighted by atomic mass is 9.92. The maximum absolute atomic E-state index is 14.6. The van der Waals surface area contributed by atoms with Gasteiger partial charge in [-0.05, 0) is 74.6 Å². The van der Waals surface area contributed by atoms with Crippen molar-refractivity contribution in [2.75, 3.05) is 26.8 Å². The number of carbonyl (C=O) groups is 4. The van der Waals surface area contributed by atoms with Gasteiger partial charge in [-0.25, -0.2) is 4.98 Å². The maximum Gasteiger partial charge on any atom is 0.308 e. The van der Waals surface area contributed by atoms with Crippen LogP contribution < -0.4 is 16.0 Å². The van der Waals surface area contributed by atoms with E-state index in [1.54, 1.807) is 36.6 Å². The van der Waals surface area contributed by atoms with E-state index in [0.29, 0.717) is 37.4 Å². The number of piperidine rings is 1. The van der Waals surface area contributed by atoms with Crippen molar-refractivity contribution in [3.8, 4) is 5.75 Å². The van der Waals surface area contributed by atoms with E-state index in [9.17, 15) is 24.3 Å². The topological polar surface area (TPSA) is 159 Å². The van der Waals surface area contributed by atoms with Crippen molar-refractivity contribution in [2.24, 2.45) is 17.8 Å². The molecule has 0 unspecified atom stereocenters. The number of nitrogens with one attached hydrogen (secondary N) is 3. The van der Waals surface area contributed by atoms with Crippen molar-refractivity contribution < 1.29 is 33.8 Å². The molecule has 2 heterocycles. The first-order valence-electron chi connectivity index (χ1n) is 19.9. The Morgan fingerprint density at radius 2 is 1.74 bits per heavy atom. The predicted octanol–water partition coefficient (Wildman–Crippen LogP) is 6.18. The largest absolute Gasteiger partial charge is 0.508 e. The average Bonchev–Trinajstić information content (AvgIpc) is 3.67. The number of benzene rings is 1. The molecular formula is C41H65N5O7S. The van der Waals surface area contributed by atoms with Crippen molar-refractivity contribution in [3.63, 3.8) is 0 Å². The number of ether oxygens (including phenoxy) is 2. The summed E-state index contributed by atoms with van der Waals surface area (Å²) in [5.41, 5.74) is 1.15. The molecule has 1 saturated heterocycles. The van der Waals surface area contributed by atoms with Gasteiger partial charge in [0.1, 0.15) is 28.6 Å². The molecule has 302 valence electrons. The molecule has 1 aliphatic rings. The summed E-state index contributed by atoms with van der Waals surface area (Å²) in [6.07, 6.45) is 5.87. The number of aromatic nitrogens is 1. The Morgan fingerprint density at radius 1 is 1.02 bits per heavy atom. The zero-order valence-electron chi connectivity index (χ0n) is 33.7. The smallest absolute Gasteiger partial charge is 0.308 e. The van der Waals surface area contributed by atoms with Gasteiger partial charge in [-0.3, -0.25) is 19.2 Å². The summed E-state index contributed by atoms with van der Waals surface area (Å²) in [5.74, 6) is -1.21. The van der Waals surface area contributed by atoms with Gasteiger partial charge in [0.25, 0.3) is 5.91 Å². The fourth-order valence-electron chi connectivity index (χ4n) is 6.98. The van der Waals surface area contributed by atoms with Crippen molar-refractivity contribution in [3.05, 3.63) is 45.9 Å². The molecule has 2 aromatic rings. The summed E-state index contributed by atoms with van der Waals surface area (Å²) in [5, 5.41) is 21.7. The molecule has 4 N–H and O–H groups in total. The Hall–Kier alpha value is -3.55. The number of amides is 3. The Kier molecular flexibility index (Phi) is 18.9. The third-order valence-electron chi connectivity index (χ3n) is 10.3. The highest BCUT2D eigenvalue weighted by Gasteiger charge is 2.37. The van der Waals surface area contributed by atoms with Crippen LogP contribution in [-0.4, -0.2) is 89.7 Å². The van der Waals surface area contributed by atoms with E-state index < -0.39 is 24.1 Å². The molecule has 0 bridgehead atoms. The van der Waals surface area contributed by atoms with Crippen LogP contribution in [0.4, 0.5) is 0 Å². The molecule has 12 nitrogen and oxygen atoms in total. The first-order chi connectivity index (χ1) is 25.8. The van der Waals surface area contributed by atoms with E-state index in [4.69, 9.17) is 14.5 Å². The lowest BCUT2D eigenvalue weighted by molar-refractivity contribution is -0.145. The number of carbonyl (C=O) groups excluding carboxylic acids is 4. The molecule has 13 heteroatoms. The molecular weight excluding hydrogens is 707 g/mol. The second-order valence-corrected chi connectivity index (χ2v) is 16.0. The van der Waals surface area contributed by atoms with Crippen LogP contribution in [0.15, 0.2) is 29.6 Å². The van der Waals surface area contributed by atoms with Crippen LogP contribution in [0, 0.1) is 17.8 Å². The number of phenols is 1. The standard InChI is InChI=1S/C41H65N5O7S/c1-9-20-46(40(50)36(27(6)11-3)45-37(48)32-14-12-13-19-42-32)34(26(4)5)24-35(53-21-10-2)39-44-33(25-54-39)38(49)43-30(22-28(7)41(51)52-8)23-29-15-17-31(47)18-16-29/h15-18,25-28,30,32,34-36,42,47H,9-14,19-24H2,1-8H3,(H,43,49)(H,45,48)/t27-,28-,30+,32+,34+,35+,36-/m0/s1. The van der Waals surface area contributed by atoms with E-state index in [2.05, 4.69) is 36.7 Å². The molecule has 0 spiro atoms. The summed E-state index contributed by atoms with van der Waals surface area (Å²) >= 11 is 1.35. The lowest BCUT2D eigenvalue weighted by Crippen LogP contribution is -2.58. The van der Waals surface area contributed by atoms with Crippen LogP contribution >= 0.6 is 11.3 Å². The van der Waals surface area contributed by atoms with Crippen LogP contribution in [0.25, 0.3) is 0 Å². The van der Waals surface area contributed by atoms with Gasteiger partial charge in [0.15, 0.2) is 0 Å². The molecule has 3 rings (SSSR count). The fourth-order valence-corrected chi connectivity index (χ4v) is 7.84. The number of hydrogen-bond donors (Lipinski definition) is 4. The minimum atomic E-state index is -0.652. The fraction of sp³-hybridized carbons (Fsp3) is 0.683. The van der Waals surface area contributed by atoms with Gasteiger partial charge in [-0.15, -0.1) is 11.3 Å². The summed E-state index contributed by atoms with van der Waals surface area (Å²) in [4.78, 5) is 60.7. The zero-order chi connectivity index (χ0) is 39.8. The van der Waals surface area contributed by atoms with Crippen LogP contribution in [-0.2, 0) is 30.3 Å². The minimum absolute atomic E-state index is 0.0575. The van der Waals surface area contributed by atoms with E-state index in [1.165, 1.54) is 18.4 Å². The number of methoxy groups -OCH3 is 1. The van der Waals surface area contributed by atoms with Gasteiger partial charge in [0, 0.05) is 37.0 Å². The monoisotopic (exact) mass is 771 g/mol. The minimum Gasteiger partial charge on any atom is -0.508 e. The number of esters is 1. The Bertz CT molecular complexity index is 1460. The van der Waals surface area contributed by atoms with E-state index in [0.717, 1.165) is 50.6 Å². The van der Waals surface area contributed by atoms with Gasteiger partial charge in [-0.2, -0.15) is 0 Å². The second kappa shape index (κ2) is 22.7. The molecule has 0 aliphatic carbocycles. The highest BCUT2D eigenvalue weighted by atomic mass is 32.1. The summed E-state index contributed by atoms with van der Waals surface area (Å²) < 4.78 is 11.4. The van der Waals surface area contributed by atoms with Gasteiger partial charge in [0.05, 0.1) is 19.1 Å². The highest BCUT2D eigenvalue weighted by molar-refractivity contribution is 7.09. The normalized spacial score (nSPS) is 17.8. The summed E-state index contributed by atoms with van der Waals surface area (Å²) in [6.45, 7) is 15.9. The number of aromatic hydroxyl groups is 1. The number of phenolic OH excluding ortho intramolecular Hbond substituents is 1. The van der Waals surface area contributed by atoms with E-state index in [-0.39, 0.29) is 59.1 Å². The van der Waals surface area contributed by atoms with Crippen LogP contribution in [0.2, 0.25) is 0 Å². The Morgan fingerprint density at radius 3 is 2.33 bits per heavy atom. The third-order valence-corrected chi connectivity index (χ3v) is 11.3. The van der Waals surface area contributed by atoms with E-state index >= 15 is 0 Å². The molecule has 54 heavy (non-hydrogen) atoms. The number of rotatable bonds is 22. The highest BCUT2D eigenvalue weighted by Crippen LogP contribution is 2.32. The summed E-state index contributed by atoms with van der Waals surface area (Å²) in [7, 11) is 1.35. The third kappa shape index (κ3) is 13.3. The van der Waals surface area contributed by atoms with E-state index in [1.807, 2.05) is 25.7 Å². The number of nitrogens with zero attached hydrogens (tertiary/aromatic N) is 2. The molecule has 1 aromatic heterocycles. The second-order valence-electron chi connectivity index (χ2n) is 15.1.